The highest BCUT2D eigenvalue weighted by Crippen LogP contribution is 2.13. The summed E-state index contributed by atoms with van der Waals surface area (Å²) in [4.78, 5) is 2.08. The molecular weight excluding hydrogens is 200 g/mol. The second-order valence-electron chi connectivity index (χ2n) is 4.26. The van der Waals surface area contributed by atoms with Crippen molar-refractivity contribution in [2.24, 2.45) is 0 Å². The average Bonchev–Trinajstić information content (AvgIpc) is 2.27. The van der Waals surface area contributed by atoms with Crippen LogP contribution in [0.2, 0.25) is 0 Å². The zero-order valence-electron chi connectivity index (χ0n) is 10.4. The Morgan fingerprint density at radius 2 is 1.94 bits per heavy atom. The fourth-order valence-corrected chi connectivity index (χ4v) is 1.62. The lowest BCUT2D eigenvalue weighted by molar-refractivity contribution is 0.171. The van der Waals surface area contributed by atoms with E-state index >= 15 is 0 Å². The van der Waals surface area contributed by atoms with E-state index in [0.29, 0.717) is 6.54 Å². The Morgan fingerprint density at radius 3 is 2.50 bits per heavy atom. The van der Waals surface area contributed by atoms with E-state index in [1.807, 2.05) is 14.1 Å². The van der Waals surface area contributed by atoms with Crippen LogP contribution in [0.15, 0.2) is 24.3 Å². The van der Waals surface area contributed by atoms with E-state index in [1.165, 1.54) is 5.56 Å². The van der Waals surface area contributed by atoms with Gasteiger partial charge in [-0.1, -0.05) is 17.7 Å². The Morgan fingerprint density at radius 1 is 1.31 bits per heavy atom. The number of aryl methyl sites for hydroxylation is 1. The van der Waals surface area contributed by atoms with E-state index in [-0.39, 0.29) is 6.10 Å². The van der Waals surface area contributed by atoms with Crippen LogP contribution in [-0.4, -0.2) is 38.4 Å². The molecule has 0 aliphatic carbocycles. The van der Waals surface area contributed by atoms with E-state index in [2.05, 4.69) is 41.4 Å². The third-order valence-corrected chi connectivity index (χ3v) is 2.69. The molecule has 1 aromatic rings. The van der Waals surface area contributed by atoms with Crippen LogP contribution in [0.25, 0.3) is 0 Å². The monoisotopic (exact) mass is 222 g/mol. The third-order valence-electron chi connectivity index (χ3n) is 2.69. The number of hydrogen-bond acceptors (Lipinski definition) is 3. The van der Waals surface area contributed by atoms with Crippen LogP contribution >= 0.6 is 0 Å². The van der Waals surface area contributed by atoms with Gasteiger partial charge in [-0.3, -0.25) is 0 Å². The number of nitrogens with one attached hydrogen (secondary N) is 1. The second-order valence-corrected chi connectivity index (χ2v) is 4.26. The van der Waals surface area contributed by atoms with Gasteiger partial charge in [0.05, 0.1) is 6.10 Å². The van der Waals surface area contributed by atoms with Gasteiger partial charge in [0.15, 0.2) is 0 Å². The van der Waals surface area contributed by atoms with Crippen molar-refractivity contribution in [3.05, 3.63) is 29.8 Å². The van der Waals surface area contributed by atoms with Crippen molar-refractivity contribution in [2.75, 3.05) is 32.1 Å². The van der Waals surface area contributed by atoms with E-state index in [9.17, 15) is 5.11 Å². The summed E-state index contributed by atoms with van der Waals surface area (Å²) in [7, 11) is 3.91. The number of hydrogen-bond donors (Lipinski definition) is 2. The lowest BCUT2D eigenvalue weighted by atomic mass is 10.2. The average molecular weight is 222 g/mol. The summed E-state index contributed by atoms with van der Waals surface area (Å²) in [5.41, 5.74) is 2.40. The molecule has 0 aromatic heterocycles. The van der Waals surface area contributed by atoms with Crippen LogP contribution in [0, 0.1) is 6.92 Å². The molecule has 0 amide bonds. The largest absolute Gasteiger partial charge is 0.391 e. The first-order chi connectivity index (χ1) is 7.63. The van der Waals surface area contributed by atoms with Gasteiger partial charge in [-0.05, 0) is 39.1 Å². The summed E-state index contributed by atoms with van der Waals surface area (Å²) in [6.45, 7) is 3.60. The SMILES string of the molecule is CNCCC(O)CN(C)c1ccc(C)cc1. The summed E-state index contributed by atoms with van der Waals surface area (Å²) in [6, 6.07) is 8.35. The Labute approximate surface area is 98.1 Å². The molecule has 1 atom stereocenters. The number of anilines is 1. The van der Waals surface area contributed by atoms with Crippen molar-refractivity contribution in [1.82, 2.24) is 5.32 Å². The van der Waals surface area contributed by atoms with Gasteiger partial charge < -0.3 is 15.3 Å². The first kappa shape index (κ1) is 13.0. The molecule has 0 aliphatic heterocycles. The maximum absolute atomic E-state index is 9.78. The number of nitrogens with zero attached hydrogens (tertiary/aromatic N) is 1. The van der Waals surface area contributed by atoms with Gasteiger partial charge in [0.1, 0.15) is 0 Å². The zero-order valence-corrected chi connectivity index (χ0v) is 10.4. The lowest BCUT2D eigenvalue weighted by Crippen LogP contribution is -2.31. The fourth-order valence-electron chi connectivity index (χ4n) is 1.62. The van der Waals surface area contributed by atoms with Gasteiger partial charge in [-0.15, -0.1) is 0 Å². The summed E-state index contributed by atoms with van der Waals surface area (Å²) >= 11 is 0. The van der Waals surface area contributed by atoms with Gasteiger partial charge >= 0.3 is 0 Å². The Kier molecular flexibility index (Phi) is 5.29. The zero-order chi connectivity index (χ0) is 12.0. The number of aliphatic hydroxyl groups excluding tert-OH is 1. The predicted molar refractivity (Wildman–Crippen MR) is 69.0 cm³/mol. The van der Waals surface area contributed by atoms with Crippen molar-refractivity contribution in [3.8, 4) is 0 Å². The molecule has 90 valence electrons. The Balaban J connectivity index is 2.45. The van der Waals surface area contributed by atoms with Gasteiger partial charge in [0.2, 0.25) is 0 Å². The first-order valence-electron chi connectivity index (χ1n) is 5.74. The molecule has 1 rings (SSSR count). The molecular formula is C13H22N2O. The maximum atomic E-state index is 9.78. The van der Waals surface area contributed by atoms with Gasteiger partial charge in [-0.2, -0.15) is 0 Å². The molecule has 3 nitrogen and oxygen atoms in total. The van der Waals surface area contributed by atoms with Crippen LogP contribution < -0.4 is 10.2 Å². The van der Waals surface area contributed by atoms with Crippen LogP contribution in [-0.2, 0) is 0 Å². The number of likely N-dealkylation sites (N-methyl/N-ethyl adjacent to an activating group) is 1. The highest BCUT2D eigenvalue weighted by molar-refractivity contribution is 5.46. The van der Waals surface area contributed by atoms with E-state index in [1.54, 1.807) is 0 Å². The number of benzene rings is 1. The minimum atomic E-state index is -0.279. The summed E-state index contributed by atoms with van der Waals surface area (Å²) in [5, 5.41) is 12.8. The Bertz CT molecular complexity index is 297. The fraction of sp³-hybridized carbons (Fsp3) is 0.538. The minimum absolute atomic E-state index is 0.279. The van der Waals surface area contributed by atoms with Crippen molar-refractivity contribution in [2.45, 2.75) is 19.4 Å². The van der Waals surface area contributed by atoms with Crippen LogP contribution in [0.4, 0.5) is 5.69 Å². The maximum Gasteiger partial charge on any atom is 0.0727 e. The summed E-state index contributed by atoms with van der Waals surface area (Å²) < 4.78 is 0. The minimum Gasteiger partial charge on any atom is -0.391 e. The van der Waals surface area contributed by atoms with Gasteiger partial charge in [0.25, 0.3) is 0 Å². The van der Waals surface area contributed by atoms with E-state index in [4.69, 9.17) is 0 Å². The van der Waals surface area contributed by atoms with Crippen molar-refractivity contribution < 1.29 is 5.11 Å². The molecule has 0 aliphatic rings. The molecule has 0 fully saturated rings. The lowest BCUT2D eigenvalue weighted by Gasteiger charge is -2.22. The van der Waals surface area contributed by atoms with Gasteiger partial charge in [-0.25, -0.2) is 0 Å². The van der Waals surface area contributed by atoms with Crippen molar-refractivity contribution in [1.29, 1.82) is 0 Å². The molecule has 0 bridgehead atoms. The first-order valence-corrected chi connectivity index (χ1v) is 5.74. The molecule has 2 N–H and O–H groups in total. The number of rotatable bonds is 6. The smallest absolute Gasteiger partial charge is 0.0727 e. The molecule has 1 unspecified atom stereocenters. The van der Waals surface area contributed by atoms with E-state index < -0.39 is 0 Å². The highest BCUT2D eigenvalue weighted by Gasteiger charge is 2.07. The molecule has 0 heterocycles. The molecule has 0 spiro atoms. The van der Waals surface area contributed by atoms with Gasteiger partial charge in [0, 0.05) is 19.3 Å². The quantitative estimate of drug-likeness (QED) is 0.764. The Hall–Kier alpha value is -1.06. The molecule has 16 heavy (non-hydrogen) atoms. The van der Waals surface area contributed by atoms with E-state index in [0.717, 1.165) is 18.7 Å². The van der Waals surface area contributed by atoms with Crippen molar-refractivity contribution >= 4 is 5.69 Å². The molecule has 0 saturated carbocycles. The third kappa shape index (κ3) is 4.21. The van der Waals surface area contributed by atoms with Crippen LogP contribution in [0.1, 0.15) is 12.0 Å². The second kappa shape index (κ2) is 6.51. The summed E-state index contributed by atoms with van der Waals surface area (Å²) in [5.74, 6) is 0. The van der Waals surface area contributed by atoms with Crippen LogP contribution in [0.5, 0.6) is 0 Å². The molecule has 3 heteroatoms. The molecule has 0 saturated heterocycles. The summed E-state index contributed by atoms with van der Waals surface area (Å²) in [6.07, 6.45) is 0.505. The van der Waals surface area contributed by atoms with Crippen molar-refractivity contribution in [3.63, 3.8) is 0 Å². The molecule has 1 aromatic carbocycles. The predicted octanol–water partition coefficient (Wildman–Crippen LogP) is 1.40. The standard InChI is InChI=1S/C13H22N2O/c1-11-4-6-12(7-5-11)15(3)10-13(16)8-9-14-2/h4-7,13-14,16H,8-10H2,1-3H3. The van der Waals surface area contributed by atoms with Crippen LogP contribution in [0.3, 0.4) is 0 Å². The molecule has 0 radical (unpaired) electrons. The topological polar surface area (TPSA) is 35.5 Å². The highest BCUT2D eigenvalue weighted by atomic mass is 16.3. The normalized spacial score (nSPS) is 12.5. The number of aliphatic hydroxyl groups is 1.